The molecule has 2 amide bonds. The zero-order valence-electron chi connectivity index (χ0n) is 18.4. The average Bonchev–Trinajstić information content (AvgIpc) is 3.35. The minimum atomic E-state index is -1.45. The van der Waals surface area contributed by atoms with Crippen molar-refractivity contribution in [3.05, 3.63) is 101 Å². The number of ether oxygens (including phenoxy) is 1. The van der Waals surface area contributed by atoms with Crippen LogP contribution in [0.15, 0.2) is 72.8 Å². The number of benzene rings is 3. The number of nitrogens with zero attached hydrogens (tertiary/aromatic N) is 1. The number of hydrogen-bond acceptors (Lipinski definition) is 5. The maximum Gasteiger partial charge on any atom is 0.323 e. The van der Waals surface area contributed by atoms with Crippen LogP contribution >= 0.6 is 11.6 Å². The Kier molecular flexibility index (Phi) is 5.65. The molecule has 9 heteroatoms. The molecule has 3 aromatic carbocycles. The molecule has 0 aliphatic carbocycles. The maximum absolute atomic E-state index is 14.0. The summed E-state index contributed by atoms with van der Waals surface area (Å²) in [6.45, 7) is 0. The first-order valence-electron chi connectivity index (χ1n) is 10.8. The van der Waals surface area contributed by atoms with E-state index < -0.39 is 52.8 Å². The Balaban J connectivity index is 1.75. The monoisotopic (exact) mass is 496 g/mol. The number of amides is 2. The van der Waals surface area contributed by atoms with Gasteiger partial charge in [-0.15, -0.1) is 0 Å². The van der Waals surface area contributed by atoms with Crippen molar-refractivity contribution in [3.63, 3.8) is 0 Å². The van der Waals surface area contributed by atoms with Crippen molar-refractivity contribution in [1.29, 1.82) is 0 Å². The SMILES string of the molecule is COC(=O)C1NC(c2ccc(F)cc2)(c2ccc(F)cc2)C2C(=O)N(c3ccc(Cl)cc3)C(=O)C12. The van der Waals surface area contributed by atoms with Crippen molar-refractivity contribution in [2.45, 2.75) is 11.6 Å². The third kappa shape index (κ3) is 3.52. The summed E-state index contributed by atoms with van der Waals surface area (Å²) in [5.41, 5.74) is -0.273. The predicted octanol–water partition coefficient (Wildman–Crippen LogP) is 3.81. The van der Waals surface area contributed by atoms with Crippen molar-refractivity contribution in [2.75, 3.05) is 12.0 Å². The van der Waals surface area contributed by atoms with E-state index in [1.807, 2.05) is 0 Å². The molecule has 1 N–H and O–H groups in total. The van der Waals surface area contributed by atoms with Gasteiger partial charge >= 0.3 is 5.97 Å². The maximum atomic E-state index is 14.0. The van der Waals surface area contributed by atoms with E-state index >= 15 is 0 Å². The number of imide groups is 1. The van der Waals surface area contributed by atoms with E-state index in [9.17, 15) is 23.2 Å². The van der Waals surface area contributed by atoms with Gasteiger partial charge in [0.25, 0.3) is 0 Å². The molecule has 3 unspecified atom stereocenters. The third-order valence-electron chi connectivity index (χ3n) is 6.70. The molecule has 2 aliphatic heterocycles. The molecule has 2 aliphatic rings. The van der Waals surface area contributed by atoms with Crippen molar-refractivity contribution >= 4 is 35.1 Å². The van der Waals surface area contributed by atoms with Gasteiger partial charge in [0.2, 0.25) is 11.8 Å². The van der Waals surface area contributed by atoms with Crippen molar-refractivity contribution in [3.8, 4) is 0 Å². The zero-order valence-corrected chi connectivity index (χ0v) is 19.1. The van der Waals surface area contributed by atoms with Gasteiger partial charge in [-0.1, -0.05) is 35.9 Å². The molecule has 0 aromatic heterocycles. The Morgan fingerprint density at radius 2 is 1.40 bits per heavy atom. The topological polar surface area (TPSA) is 75.7 Å². The van der Waals surface area contributed by atoms with Gasteiger partial charge in [0.05, 0.1) is 30.2 Å². The number of halogens is 3. The second kappa shape index (κ2) is 8.55. The summed E-state index contributed by atoms with van der Waals surface area (Å²) in [5, 5.41) is 3.59. The minimum Gasteiger partial charge on any atom is -0.468 e. The fourth-order valence-electron chi connectivity index (χ4n) is 5.20. The average molecular weight is 497 g/mol. The molecule has 6 nitrogen and oxygen atoms in total. The highest BCUT2D eigenvalue weighted by atomic mass is 35.5. The van der Waals surface area contributed by atoms with Crippen LogP contribution in [-0.4, -0.2) is 30.9 Å². The summed E-state index contributed by atoms with van der Waals surface area (Å²) < 4.78 is 32.7. The number of methoxy groups -OCH3 is 1. The molecule has 2 fully saturated rings. The first kappa shape index (κ1) is 23.1. The Morgan fingerprint density at radius 3 is 1.89 bits per heavy atom. The van der Waals surface area contributed by atoms with Gasteiger partial charge < -0.3 is 4.74 Å². The first-order valence-corrected chi connectivity index (χ1v) is 11.2. The lowest BCUT2D eigenvalue weighted by Crippen LogP contribution is -2.52. The van der Waals surface area contributed by atoms with Gasteiger partial charge in [0.15, 0.2) is 0 Å². The van der Waals surface area contributed by atoms with Crippen LogP contribution in [0.3, 0.4) is 0 Å². The van der Waals surface area contributed by atoms with Gasteiger partial charge in [-0.25, -0.2) is 13.7 Å². The van der Waals surface area contributed by atoms with Gasteiger partial charge in [-0.3, -0.25) is 19.7 Å². The van der Waals surface area contributed by atoms with Gasteiger partial charge in [-0.05, 0) is 59.7 Å². The lowest BCUT2D eigenvalue weighted by Gasteiger charge is -2.36. The smallest absolute Gasteiger partial charge is 0.323 e. The van der Waals surface area contributed by atoms with Gasteiger partial charge in [0, 0.05) is 5.02 Å². The quantitative estimate of drug-likeness (QED) is 0.439. The van der Waals surface area contributed by atoms with Crippen LogP contribution in [0.4, 0.5) is 14.5 Å². The lowest BCUT2D eigenvalue weighted by atomic mass is 9.71. The second-order valence-electron chi connectivity index (χ2n) is 8.46. The predicted molar refractivity (Wildman–Crippen MR) is 123 cm³/mol. The summed E-state index contributed by atoms with van der Waals surface area (Å²) in [7, 11) is 1.19. The van der Waals surface area contributed by atoms with E-state index in [-0.39, 0.29) is 0 Å². The Morgan fingerprint density at radius 1 is 0.886 bits per heavy atom. The van der Waals surface area contributed by atoms with E-state index in [0.29, 0.717) is 21.8 Å². The van der Waals surface area contributed by atoms with Crippen molar-refractivity contribution in [1.82, 2.24) is 5.32 Å². The highest BCUT2D eigenvalue weighted by Gasteiger charge is 2.68. The number of nitrogens with one attached hydrogen (secondary N) is 1. The number of rotatable bonds is 4. The molecule has 178 valence electrons. The summed E-state index contributed by atoms with van der Waals surface area (Å²) in [5.74, 6) is -5.11. The van der Waals surface area contributed by atoms with E-state index in [1.165, 1.54) is 67.8 Å². The summed E-state index contributed by atoms with van der Waals surface area (Å²) in [6.07, 6.45) is 0. The number of hydrogen-bond donors (Lipinski definition) is 1. The minimum absolute atomic E-state index is 0.300. The highest BCUT2D eigenvalue weighted by Crippen LogP contribution is 2.52. The van der Waals surface area contributed by atoms with Crippen LogP contribution in [0.1, 0.15) is 11.1 Å². The molecule has 3 atom stereocenters. The van der Waals surface area contributed by atoms with Crippen LogP contribution in [0, 0.1) is 23.5 Å². The van der Waals surface area contributed by atoms with E-state index in [2.05, 4.69) is 5.32 Å². The molecular formula is C26H19ClF2N2O4. The van der Waals surface area contributed by atoms with Crippen LogP contribution in [0.25, 0.3) is 0 Å². The molecule has 3 aromatic rings. The number of fused-ring (bicyclic) bond motifs is 1. The fraction of sp³-hybridized carbons (Fsp3) is 0.192. The zero-order chi connectivity index (χ0) is 24.9. The Hall–Kier alpha value is -3.62. The second-order valence-corrected chi connectivity index (χ2v) is 8.90. The van der Waals surface area contributed by atoms with Crippen molar-refractivity contribution < 1.29 is 27.9 Å². The molecule has 0 bridgehead atoms. The first-order chi connectivity index (χ1) is 16.8. The largest absolute Gasteiger partial charge is 0.468 e. The molecule has 35 heavy (non-hydrogen) atoms. The van der Waals surface area contributed by atoms with E-state index in [0.717, 1.165) is 4.90 Å². The third-order valence-corrected chi connectivity index (χ3v) is 6.95. The van der Waals surface area contributed by atoms with Crippen LogP contribution in [-0.2, 0) is 24.7 Å². The summed E-state index contributed by atoms with van der Waals surface area (Å²) in [4.78, 5) is 41.5. The molecule has 0 radical (unpaired) electrons. The Bertz CT molecular complexity index is 1270. The number of anilines is 1. The molecule has 5 rings (SSSR count). The molecule has 0 saturated carbocycles. The lowest BCUT2D eigenvalue weighted by molar-refractivity contribution is -0.145. The van der Waals surface area contributed by atoms with Crippen molar-refractivity contribution in [2.24, 2.45) is 11.8 Å². The van der Waals surface area contributed by atoms with Crippen LogP contribution in [0.2, 0.25) is 5.02 Å². The van der Waals surface area contributed by atoms with Gasteiger partial charge in [0.1, 0.15) is 17.7 Å². The molecule has 2 heterocycles. The molecule has 2 saturated heterocycles. The Labute approximate surface area is 204 Å². The van der Waals surface area contributed by atoms with Crippen LogP contribution < -0.4 is 10.2 Å². The summed E-state index contributed by atoms with van der Waals surface area (Å²) >= 11 is 5.98. The number of esters is 1. The van der Waals surface area contributed by atoms with E-state index in [4.69, 9.17) is 16.3 Å². The van der Waals surface area contributed by atoms with E-state index in [1.54, 1.807) is 12.1 Å². The highest BCUT2D eigenvalue weighted by molar-refractivity contribution is 6.31. The summed E-state index contributed by atoms with van der Waals surface area (Å²) in [6, 6.07) is 15.8. The fourth-order valence-corrected chi connectivity index (χ4v) is 5.33. The standard InChI is InChI=1S/C26H19ClF2N2O4/c1-35-25(34)22-20-21(24(33)31(23(20)32)19-12-6-16(27)7-13-19)26(30-22,14-2-8-17(28)9-3-14)15-4-10-18(29)11-5-15/h2-13,20-22,30H,1H3. The molecule has 0 spiro atoms. The van der Waals surface area contributed by atoms with Gasteiger partial charge in [-0.2, -0.15) is 0 Å². The number of carbonyl (C=O) groups is 3. The number of carbonyl (C=O) groups excluding carboxylic acids is 3. The van der Waals surface area contributed by atoms with Crippen LogP contribution in [0.5, 0.6) is 0 Å². The molecular weight excluding hydrogens is 478 g/mol. The normalized spacial score (nSPS) is 22.9.